The first-order chi connectivity index (χ1) is 8.97. The molecule has 0 unspecified atom stereocenters. The quantitative estimate of drug-likeness (QED) is 0.431. The van der Waals surface area contributed by atoms with Gasteiger partial charge in [0.05, 0.1) is 11.4 Å². The van der Waals surface area contributed by atoms with Crippen LogP contribution in [0.1, 0.15) is 10.4 Å². The highest BCUT2D eigenvalue weighted by molar-refractivity contribution is 14.1. The first kappa shape index (κ1) is 13.6. The van der Waals surface area contributed by atoms with Crippen LogP contribution >= 0.6 is 22.6 Å². The molecule has 0 saturated carbocycles. The largest absolute Gasteiger partial charge is 0.506 e. The number of nitrogen functional groups attached to an aromatic ring is 1. The summed E-state index contributed by atoms with van der Waals surface area (Å²) in [5.41, 5.74) is 6.43. The van der Waals surface area contributed by atoms with Gasteiger partial charge in [-0.05, 0) is 59.0 Å². The van der Waals surface area contributed by atoms with Crippen molar-refractivity contribution in [2.75, 3.05) is 11.1 Å². The van der Waals surface area contributed by atoms with Crippen LogP contribution < -0.4 is 11.1 Å². The number of aromatic hydroxyl groups is 1. The Kier molecular flexibility index (Phi) is 3.89. The van der Waals surface area contributed by atoms with Crippen molar-refractivity contribution in [3.05, 3.63) is 51.3 Å². The molecular weight excluding hydrogens is 362 g/mol. The highest BCUT2D eigenvalue weighted by atomic mass is 127. The Labute approximate surface area is 122 Å². The van der Waals surface area contributed by atoms with E-state index >= 15 is 0 Å². The Morgan fingerprint density at radius 2 is 2.00 bits per heavy atom. The van der Waals surface area contributed by atoms with Gasteiger partial charge >= 0.3 is 0 Å². The molecule has 4 nitrogen and oxygen atoms in total. The predicted octanol–water partition coefficient (Wildman–Crippen LogP) is 2.97. The Hall–Kier alpha value is -1.83. The maximum absolute atomic E-state index is 12.9. The highest BCUT2D eigenvalue weighted by Crippen LogP contribution is 2.23. The summed E-state index contributed by atoms with van der Waals surface area (Å²) < 4.78 is 13.5. The molecule has 0 atom stereocenters. The van der Waals surface area contributed by atoms with Gasteiger partial charge in [-0.15, -0.1) is 0 Å². The van der Waals surface area contributed by atoms with Crippen molar-refractivity contribution in [1.82, 2.24) is 0 Å². The number of benzene rings is 2. The molecule has 1 amide bonds. The van der Waals surface area contributed by atoms with Crippen molar-refractivity contribution >= 4 is 39.9 Å². The third kappa shape index (κ3) is 3.14. The topological polar surface area (TPSA) is 75.4 Å². The second kappa shape index (κ2) is 5.43. The van der Waals surface area contributed by atoms with Crippen LogP contribution in [0, 0.1) is 9.39 Å². The number of nitrogens with two attached hydrogens (primary N) is 1. The molecule has 0 heterocycles. The Morgan fingerprint density at radius 3 is 2.63 bits per heavy atom. The summed E-state index contributed by atoms with van der Waals surface area (Å²) in [6.07, 6.45) is 0. The monoisotopic (exact) mass is 372 g/mol. The standard InChI is InChI=1S/C13H10FIN2O2/c14-8-2-4-11(9(15)6-8)17-13(19)7-1-3-10(16)12(18)5-7/h1-6,18H,16H2,(H,17,19). The number of carbonyl (C=O) groups excluding carboxylic acids is 1. The number of rotatable bonds is 2. The average molecular weight is 372 g/mol. The number of carbonyl (C=O) groups is 1. The molecule has 0 aliphatic heterocycles. The summed E-state index contributed by atoms with van der Waals surface area (Å²) in [5, 5.41) is 12.1. The zero-order valence-corrected chi connectivity index (χ0v) is 11.8. The van der Waals surface area contributed by atoms with Crippen molar-refractivity contribution < 1.29 is 14.3 Å². The smallest absolute Gasteiger partial charge is 0.255 e. The molecule has 19 heavy (non-hydrogen) atoms. The van der Waals surface area contributed by atoms with Gasteiger partial charge in [0.1, 0.15) is 11.6 Å². The molecule has 0 saturated heterocycles. The van der Waals surface area contributed by atoms with Crippen molar-refractivity contribution in [3.63, 3.8) is 0 Å². The first-order valence-corrected chi connectivity index (χ1v) is 6.40. The van der Waals surface area contributed by atoms with Crippen LogP contribution in [0.4, 0.5) is 15.8 Å². The Morgan fingerprint density at radius 1 is 1.26 bits per heavy atom. The fraction of sp³-hybridized carbons (Fsp3) is 0. The van der Waals surface area contributed by atoms with E-state index in [1.165, 1.54) is 36.4 Å². The number of phenolic OH excluding ortho intramolecular Hbond substituents is 1. The predicted molar refractivity (Wildman–Crippen MR) is 79.6 cm³/mol. The number of amides is 1. The molecule has 0 aromatic heterocycles. The van der Waals surface area contributed by atoms with Gasteiger partial charge in [-0.25, -0.2) is 4.39 Å². The summed E-state index contributed by atoms with van der Waals surface area (Å²) in [6, 6.07) is 8.28. The van der Waals surface area contributed by atoms with Gasteiger partial charge in [-0.3, -0.25) is 4.79 Å². The number of hydrogen-bond donors (Lipinski definition) is 3. The third-order valence-electron chi connectivity index (χ3n) is 2.47. The van der Waals surface area contributed by atoms with Crippen LogP contribution in [-0.4, -0.2) is 11.0 Å². The number of anilines is 2. The second-order valence-electron chi connectivity index (χ2n) is 3.85. The van der Waals surface area contributed by atoms with E-state index in [9.17, 15) is 14.3 Å². The van der Waals surface area contributed by atoms with Gasteiger partial charge in [0, 0.05) is 9.13 Å². The van der Waals surface area contributed by atoms with Crippen molar-refractivity contribution in [3.8, 4) is 5.75 Å². The molecule has 4 N–H and O–H groups in total. The Balaban J connectivity index is 2.23. The van der Waals surface area contributed by atoms with Crippen molar-refractivity contribution in [2.45, 2.75) is 0 Å². The molecular formula is C13H10FIN2O2. The third-order valence-corrected chi connectivity index (χ3v) is 3.36. The maximum atomic E-state index is 12.9. The summed E-state index contributed by atoms with van der Waals surface area (Å²) in [4.78, 5) is 12.0. The minimum absolute atomic E-state index is 0.151. The molecule has 0 aliphatic rings. The van der Waals surface area contributed by atoms with Crippen LogP contribution in [-0.2, 0) is 0 Å². The minimum Gasteiger partial charge on any atom is -0.506 e. The SMILES string of the molecule is Nc1ccc(C(=O)Nc2ccc(F)cc2I)cc1O. The minimum atomic E-state index is -0.403. The maximum Gasteiger partial charge on any atom is 0.255 e. The molecule has 2 aromatic rings. The number of halogens is 2. The van der Waals surface area contributed by atoms with E-state index in [1.54, 1.807) is 0 Å². The highest BCUT2D eigenvalue weighted by Gasteiger charge is 2.10. The van der Waals surface area contributed by atoms with Gasteiger partial charge in [0.25, 0.3) is 5.91 Å². The molecule has 0 radical (unpaired) electrons. The van der Waals surface area contributed by atoms with E-state index in [4.69, 9.17) is 5.73 Å². The molecule has 2 rings (SSSR count). The molecule has 0 aliphatic carbocycles. The molecule has 6 heteroatoms. The van der Waals surface area contributed by atoms with Gasteiger partial charge in [0.15, 0.2) is 0 Å². The summed E-state index contributed by atoms with van der Waals surface area (Å²) in [5.74, 6) is -0.922. The van der Waals surface area contributed by atoms with Gasteiger partial charge < -0.3 is 16.2 Å². The Bertz CT molecular complexity index is 647. The lowest BCUT2D eigenvalue weighted by atomic mass is 10.1. The molecule has 0 bridgehead atoms. The summed E-state index contributed by atoms with van der Waals surface area (Å²) >= 11 is 1.93. The van der Waals surface area contributed by atoms with E-state index in [2.05, 4.69) is 5.32 Å². The number of nitrogens with one attached hydrogen (secondary N) is 1. The summed E-state index contributed by atoms with van der Waals surface area (Å²) in [6.45, 7) is 0. The fourth-order valence-electron chi connectivity index (χ4n) is 1.47. The van der Waals surface area contributed by atoms with Crippen molar-refractivity contribution in [1.29, 1.82) is 0 Å². The molecule has 2 aromatic carbocycles. The lowest BCUT2D eigenvalue weighted by molar-refractivity contribution is 0.102. The van der Waals surface area contributed by atoms with Gasteiger partial charge in [0.2, 0.25) is 0 Å². The van der Waals surface area contributed by atoms with E-state index < -0.39 is 5.91 Å². The lowest BCUT2D eigenvalue weighted by Crippen LogP contribution is -2.13. The normalized spacial score (nSPS) is 10.2. The fourth-order valence-corrected chi connectivity index (χ4v) is 2.08. The molecule has 0 spiro atoms. The van der Waals surface area contributed by atoms with E-state index in [0.717, 1.165) is 0 Å². The van der Waals surface area contributed by atoms with E-state index in [-0.39, 0.29) is 22.8 Å². The van der Waals surface area contributed by atoms with Gasteiger partial charge in [-0.1, -0.05) is 0 Å². The van der Waals surface area contributed by atoms with Crippen molar-refractivity contribution in [2.24, 2.45) is 0 Å². The van der Waals surface area contributed by atoms with Crippen LogP contribution in [0.2, 0.25) is 0 Å². The zero-order valence-electron chi connectivity index (χ0n) is 9.65. The summed E-state index contributed by atoms with van der Waals surface area (Å²) in [7, 11) is 0. The lowest BCUT2D eigenvalue weighted by Gasteiger charge is -2.08. The van der Waals surface area contributed by atoms with E-state index in [1.807, 2.05) is 22.6 Å². The second-order valence-corrected chi connectivity index (χ2v) is 5.01. The first-order valence-electron chi connectivity index (χ1n) is 5.32. The van der Waals surface area contributed by atoms with Crippen LogP contribution in [0.15, 0.2) is 36.4 Å². The van der Waals surface area contributed by atoms with Crippen LogP contribution in [0.3, 0.4) is 0 Å². The van der Waals surface area contributed by atoms with E-state index in [0.29, 0.717) is 9.26 Å². The van der Waals surface area contributed by atoms with Gasteiger partial charge in [-0.2, -0.15) is 0 Å². The van der Waals surface area contributed by atoms with Crippen LogP contribution in [0.5, 0.6) is 5.75 Å². The number of phenols is 1. The molecule has 0 fully saturated rings. The zero-order chi connectivity index (χ0) is 14.0. The average Bonchev–Trinajstić information content (AvgIpc) is 2.36. The number of hydrogen-bond acceptors (Lipinski definition) is 3. The van der Waals surface area contributed by atoms with Crippen LogP contribution in [0.25, 0.3) is 0 Å². The molecule has 98 valence electrons.